The van der Waals surface area contributed by atoms with Crippen LogP contribution in [0, 0.1) is 11.8 Å². The number of carbonyl (C=O) groups excluding carboxylic acids is 1. The van der Waals surface area contributed by atoms with Gasteiger partial charge in [-0.25, -0.2) is 0 Å². The van der Waals surface area contributed by atoms with Gasteiger partial charge in [0.2, 0.25) is 5.91 Å². The Bertz CT molecular complexity index is 684. The van der Waals surface area contributed by atoms with Crippen molar-refractivity contribution in [3.63, 3.8) is 0 Å². The number of hydrogen-bond acceptors (Lipinski definition) is 2. The summed E-state index contributed by atoms with van der Waals surface area (Å²) in [6, 6.07) is 15.2. The number of rotatable bonds is 5. The van der Waals surface area contributed by atoms with Crippen LogP contribution in [0.1, 0.15) is 24.1 Å². The number of amides is 1. The molecule has 1 atom stereocenters. The van der Waals surface area contributed by atoms with Gasteiger partial charge in [0.1, 0.15) is 0 Å². The van der Waals surface area contributed by atoms with Crippen LogP contribution in [0.25, 0.3) is 0 Å². The largest absolute Gasteiger partial charge is 0.334 e. The topological polar surface area (TPSA) is 32.3 Å². The minimum atomic E-state index is -0.169. The van der Waals surface area contributed by atoms with E-state index in [0.717, 1.165) is 24.2 Å². The van der Waals surface area contributed by atoms with Crippen molar-refractivity contribution >= 4 is 41.5 Å². The molecule has 140 valence electrons. The third-order valence-electron chi connectivity index (χ3n) is 5.02. The molecule has 2 aromatic rings. The highest BCUT2D eigenvalue weighted by molar-refractivity contribution is 6.30. The van der Waals surface area contributed by atoms with Crippen molar-refractivity contribution in [3.05, 3.63) is 69.7 Å². The van der Waals surface area contributed by atoms with E-state index in [4.69, 9.17) is 23.2 Å². The number of benzene rings is 2. The predicted octanol–water partition coefficient (Wildman–Crippen LogP) is 4.82. The zero-order chi connectivity index (χ0) is 18.0. The summed E-state index contributed by atoms with van der Waals surface area (Å²) in [5.41, 5.74) is 2.06. The Hall–Kier alpha value is -1.26. The molecule has 0 saturated carbocycles. The number of halogens is 3. The molecule has 1 aliphatic rings. The normalized spacial score (nSPS) is 15.1. The Morgan fingerprint density at radius 3 is 1.77 bits per heavy atom. The fraction of sp³-hybridized carbons (Fsp3) is 0.350. The Balaban J connectivity index is 0.00000243. The van der Waals surface area contributed by atoms with E-state index in [9.17, 15) is 4.79 Å². The monoisotopic (exact) mass is 412 g/mol. The summed E-state index contributed by atoms with van der Waals surface area (Å²) < 4.78 is 0. The molecule has 1 fully saturated rings. The second-order valence-corrected chi connectivity index (χ2v) is 7.53. The van der Waals surface area contributed by atoms with Crippen LogP contribution in [0.15, 0.2) is 48.5 Å². The highest BCUT2D eigenvalue weighted by Crippen LogP contribution is 2.31. The second-order valence-electron chi connectivity index (χ2n) is 6.66. The van der Waals surface area contributed by atoms with Gasteiger partial charge in [0.05, 0.1) is 6.04 Å². The van der Waals surface area contributed by atoms with Crippen LogP contribution in [0.4, 0.5) is 0 Å². The molecular weight excluding hydrogens is 391 g/mol. The maximum absolute atomic E-state index is 13.0. The van der Waals surface area contributed by atoms with Gasteiger partial charge in [-0.2, -0.15) is 0 Å². The van der Waals surface area contributed by atoms with Crippen LogP contribution in [0.5, 0.6) is 0 Å². The number of nitrogens with one attached hydrogen (secondary N) is 1. The van der Waals surface area contributed by atoms with E-state index >= 15 is 0 Å². The first kappa shape index (κ1) is 21.0. The number of carbonyl (C=O) groups is 1. The summed E-state index contributed by atoms with van der Waals surface area (Å²) in [7, 11) is 1.87. The quantitative estimate of drug-likeness (QED) is 0.762. The van der Waals surface area contributed by atoms with Crippen LogP contribution < -0.4 is 5.32 Å². The summed E-state index contributed by atoms with van der Waals surface area (Å²) >= 11 is 12.1. The molecule has 0 bridgehead atoms. The van der Waals surface area contributed by atoms with E-state index in [-0.39, 0.29) is 30.3 Å². The van der Waals surface area contributed by atoms with Gasteiger partial charge in [-0.05, 0) is 54.4 Å². The van der Waals surface area contributed by atoms with Gasteiger partial charge in [-0.1, -0.05) is 54.4 Å². The Morgan fingerprint density at radius 1 is 1.00 bits per heavy atom. The second kappa shape index (κ2) is 9.09. The lowest BCUT2D eigenvalue weighted by molar-refractivity contribution is -0.137. The van der Waals surface area contributed by atoms with Gasteiger partial charge >= 0.3 is 0 Å². The van der Waals surface area contributed by atoms with Crippen LogP contribution in [-0.4, -0.2) is 30.9 Å². The lowest BCUT2D eigenvalue weighted by Crippen LogP contribution is -2.50. The van der Waals surface area contributed by atoms with Gasteiger partial charge in [0, 0.05) is 23.0 Å². The summed E-state index contributed by atoms with van der Waals surface area (Å²) in [5.74, 6) is 0.556. The smallest absolute Gasteiger partial charge is 0.226 e. The fourth-order valence-corrected chi connectivity index (χ4v) is 3.50. The molecule has 26 heavy (non-hydrogen) atoms. The SMILES string of the molecule is CC(C(=O)N(C)C(c1ccc(Cl)cc1)c1ccc(Cl)cc1)C1CNC1.Cl. The fourth-order valence-electron chi connectivity index (χ4n) is 3.24. The molecule has 0 aliphatic carbocycles. The van der Waals surface area contributed by atoms with Crippen molar-refractivity contribution in [2.45, 2.75) is 13.0 Å². The molecular formula is C20H23Cl3N2O. The molecule has 6 heteroatoms. The van der Waals surface area contributed by atoms with Gasteiger partial charge < -0.3 is 10.2 Å². The van der Waals surface area contributed by atoms with Crippen molar-refractivity contribution in [1.82, 2.24) is 10.2 Å². The summed E-state index contributed by atoms with van der Waals surface area (Å²) in [5, 5.41) is 4.60. The van der Waals surface area contributed by atoms with E-state index in [1.165, 1.54) is 0 Å². The Labute approximate surface area is 171 Å². The average Bonchev–Trinajstić information content (AvgIpc) is 2.56. The van der Waals surface area contributed by atoms with E-state index < -0.39 is 0 Å². The third kappa shape index (κ3) is 4.52. The average molecular weight is 414 g/mol. The maximum atomic E-state index is 13.0. The van der Waals surface area contributed by atoms with Crippen molar-refractivity contribution in [3.8, 4) is 0 Å². The molecule has 2 aromatic carbocycles. The molecule has 3 rings (SSSR count). The first-order valence-corrected chi connectivity index (χ1v) is 9.21. The molecule has 1 aliphatic heterocycles. The Morgan fingerprint density at radius 2 is 1.42 bits per heavy atom. The van der Waals surface area contributed by atoms with Crippen molar-refractivity contribution < 1.29 is 4.79 Å². The van der Waals surface area contributed by atoms with Crippen LogP contribution >= 0.6 is 35.6 Å². The predicted molar refractivity (Wildman–Crippen MR) is 110 cm³/mol. The molecule has 1 unspecified atom stereocenters. The number of nitrogens with zero attached hydrogens (tertiary/aromatic N) is 1. The lowest BCUT2D eigenvalue weighted by atomic mass is 9.87. The summed E-state index contributed by atoms with van der Waals surface area (Å²) in [4.78, 5) is 14.9. The van der Waals surface area contributed by atoms with E-state index in [0.29, 0.717) is 16.0 Å². The third-order valence-corrected chi connectivity index (χ3v) is 5.52. The van der Waals surface area contributed by atoms with E-state index in [1.807, 2.05) is 67.4 Å². The van der Waals surface area contributed by atoms with E-state index in [1.54, 1.807) is 0 Å². The van der Waals surface area contributed by atoms with E-state index in [2.05, 4.69) is 5.32 Å². The molecule has 0 spiro atoms. The lowest BCUT2D eigenvalue weighted by Gasteiger charge is -2.37. The zero-order valence-electron chi connectivity index (χ0n) is 14.8. The highest BCUT2D eigenvalue weighted by Gasteiger charge is 2.33. The van der Waals surface area contributed by atoms with Crippen molar-refractivity contribution in [2.75, 3.05) is 20.1 Å². The standard InChI is InChI=1S/C20H22Cl2N2O.ClH/c1-13(16-11-23-12-16)20(25)24(2)19(14-3-7-17(21)8-4-14)15-5-9-18(22)10-6-15;/h3-10,13,16,19,23H,11-12H2,1-2H3;1H. The van der Waals surface area contributed by atoms with Crippen molar-refractivity contribution in [2.24, 2.45) is 11.8 Å². The zero-order valence-corrected chi connectivity index (χ0v) is 17.1. The van der Waals surface area contributed by atoms with Gasteiger partial charge in [0.25, 0.3) is 0 Å². The molecule has 1 N–H and O–H groups in total. The summed E-state index contributed by atoms with van der Waals surface area (Å²) in [6.45, 7) is 3.84. The highest BCUT2D eigenvalue weighted by atomic mass is 35.5. The first-order valence-electron chi connectivity index (χ1n) is 8.45. The maximum Gasteiger partial charge on any atom is 0.226 e. The van der Waals surface area contributed by atoms with Gasteiger partial charge in [-0.3, -0.25) is 4.79 Å². The molecule has 0 radical (unpaired) electrons. The molecule has 1 amide bonds. The van der Waals surface area contributed by atoms with Crippen LogP contribution in [-0.2, 0) is 4.79 Å². The van der Waals surface area contributed by atoms with Crippen LogP contribution in [0.2, 0.25) is 10.0 Å². The Kier molecular flexibility index (Phi) is 7.36. The van der Waals surface area contributed by atoms with Gasteiger partial charge in [0.15, 0.2) is 0 Å². The number of hydrogen-bond donors (Lipinski definition) is 1. The summed E-state index contributed by atoms with van der Waals surface area (Å²) in [6.07, 6.45) is 0. The molecule has 1 saturated heterocycles. The first-order chi connectivity index (χ1) is 12.0. The van der Waals surface area contributed by atoms with Crippen LogP contribution in [0.3, 0.4) is 0 Å². The minimum Gasteiger partial charge on any atom is -0.334 e. The van der Waals surface area contributed by atoms with Crippen molar-refractivity contribution in [1.29, 1.82) is 0 Å². The molecule has 1 heterocycles. The minimum absolute atomic E-state index is 0. The molecule has 3 nitrogen and oxygen atoms in total. The molecule has 0 aromatic heterocycles. The van der Waals surface area contributed by atoms with Gasteiger partial charge in [-0.15, -0.1) is 12.4 Å².